The summed E-state index contributed by atoms with van der Waals surface area (Å²) in [5.41, 5.74) is 0.500. The van der Waals surface area contributed by atoms with E-state index in [-0.39, 0.29) is 11.0 Å². The van der Waals surface area contributed by atoms with Gasteiger partial charge >= 0.3 is 0 Å². The summed E-state index contributed by atoms with van der Waals surface area (Å²) in [5, 5.41) is 2.92. The summed E-state index contributed by atoms with van der Waals surface area (Å²) in [6, 6.07) is 0. The second-order valence-corrected chi connectivity index (χ2v) is 6.66. The molecule has 108 valence electrons. The Kier molecular flexibility index (Phi) is 5.70. The summed E-state index contributed by atoms with van der Waals surface area (Å²) >= 11 is 1.01. The van der Waals surface area contributed by atoms with Gasteiger partial charge in [-0.1, -0.05) is 11.3 Å². The first-order valence-electron chi connectivity index (χ1n) is 5.56. The van der Waals surface area contributed by atoms with Gasteiger partial charge in [-0.3, -0.25) is 9.52 Å². The van der Waals surface area contributed by atoms with Gasteiger partial charge in [0.2, 0.25) is 10.0 Å². The number of methoxy groups -OCH3 is 1. The molecule has 0 unspecified atom stereocenters. The molecule has 1 aromatic rings. The molecular formula is C10H17N3O4S2. The molecule has 0 radical (unpaired) electrons. The lowest BCUT2D eigenvalue weighted by molar-refractivity contribution is 0.0952. The average Bonchev–Trinajstić information content (AvgIpc) is 2.63. The van der Waals surface area contributed by atoms with Crippen LogP contribution in [0.4, 0.5) is 5.13 Å². The number of anilines is 1. The molecule has 0 saturated carbocycles. The van der Waals surface area contributed by atoms with Crippen LogP contribution < -0.4 is 10.0 Å². The molecular weight excluding hydrogens is 290 g/mol. The molecule has 0 saturated heterocycles. The molecule has 1 heterocycles. The molecule has 1 aromatic heterocycles. The molecule has 0 spiro atoms. The van der Waals surface area contributed by atoms with Crippen molar-refractivity contribution >= 4 is 32.4 Å². The third-order valence-corrected chi connectivity index (χ3v) is 3.85. The van der Waals surface area contributed by atoms with Crippen LogP contribution in [0.1, 0.15) is 21.8 Å². The zero-order valence-electron chi connectivity index (χ0n) is 11.0. The second-order valence-electron chi connectivity index (χ2n) is 3.91. The molecule has 0 atom stereocenters. The van der Waals surface area contributed by atoms with Gasteiger partial charge in [-0.05, 0) is 13.3 Å². The molecule has 0 aliphatic carbocycles. The number of carbonyl (C=O) groups excluding carboxylic acids is 1. The number of thiazole rings is 1. The lowest BCUT2D eigenvalue weighted by Crippen LogP contribution is -2.24. The minimum absolute atomic E-state index is 0.196. The summed E-state index contributed by atoms with van der Waals surface area (Å²) in [4.78, 5) is 16.3. The average molecular weight is 307 g/mol. The molecule has 7 nitrogen and oxygen atoms in total. The van der Waals surface area contributed by atoms with Crippen molar-refractivity contribution in [3.8, 4) is 0 Å². The topological polar surface area (TPSA) is 97.4 Å². The number of rotatable bonds is 7. The highest BCUT2D eigenvalue weighted by Crippen LogP contribution is 2.23. The zero-order chi connectivity index (χ0) is 14.5. The van der Waals surface area contributed by atoms with E-state index in [0.29, 0.717) is 30.1 Å². The van der Waals surface area contributed by atoms with Crippen molar-refractivity contribution in [2.75, 3.05) is 31.2 Å². The minimum Gasteiger partial charge on any atom is -0.385 e. The Morgan fingerprint density at radius 3 is 2.74 bits per heavy atom. The van der Waals surface area contributed by atoms with Crippen LogP contribution in [0.3, 0.4) is 0 Å². The largest absolute Gasteiger partial charge is 0.385 e. The van der Waals surface area contributed by atoms with Crippen molar-refractivity contribution in [1.82, 2.24) is 10.3 Å². The van der Waals surface area contributed by atoms with Gasteiger partial charge in [0.1, 0.15) is 4.88 Å². The Morgan fingerprint density at radius 1 is 1.47 bits per heavy atom. The standard InChI is InChI=1S/C10H17N3O4S2/c1-7-8(9(14)11-5-4-6-17-2)18-10(12-7)13-19(3,15)16/h4-6H2,1-3H3,(H,11,14)(H,12,13). The van der Waals surface area contributed by atoms with Gasteiger partial charge in [-0.2, -0.15) is 0 Å². The normalized spacial score (nSPS) is 11.3. The number of amides is 1. The maximum absolute atomic E-state index is 11.8. The lowest BCUT2D eigenvalue weighted by atomic mass is 10.3. The first-order valence-corrected chi connectivity index (χ1v) is 8.26. The molecule has 1 rings (SSSR count). The molecule has 9 heteroatoms. The molecule has 19 heavy (non-hydrogen) atoms. The molecule has 2 N–H and O–H groups in total. The van der Waals surface area contributed by atoms with Crippen LogP contribution in [-0.2, 0) is 14.8 Å². The van der Waals surface area contributed by atoms with Crippen molar-refractivity contribution < 1.29 is 17.9 Å². The fraction of sp³-hybridized carbons (Fsp3) is 0.600. The summed E-state index contributed by atoms with van der Waals surface area (Å²) in [7, 11) is -1.79. The van der Waals surface area contributed by atoms with E-state index in [4.69, 9.17) is 4.74 Å². The van der Waals surface area contributed by atoms with Gasteiger partial charge in [0.25, 0.3) is 5.91 Å². The third-order valence-electron chi connectivity index (χ3n) is 2.09. The van der Waals surface area contributed by atoms with E-state index in [2.05, 4.69) is 15.0 Å². The Balaban J connectivity index is 2.65. The van der Waals surface area contributed by atoms with Crippen molar-refractivity contribution in [3.05, 3.63) is 10.6 Å². The van der Waals surface area contributed by atoms with Gasteiger partial charge in [0.15, 0.2) is 5.13 Å². The number of aryl methyl sites for hydroxylation is 1. The molecule has 0 bridgehead atoms. The lowest BCUT2D eigenvalue weighted by Gasteiger charge is -2.02. The number of ether oxygens (including phenoxy) is 1. The van der Waals surface area contributed by atoms with Gasteiger partial charge in [-0.15, -0.1) is 0 Å². The highest BCUT2D eigenvalue weighted by Gasteiger charge is 2.16. The van der Waals surface area contributed by atoms with Crippen LogP contribution in [0.15, 0.2) is 0 Å². The van der Waals surface area contributed by atoms with E-state index in [1.165, 1.54) is 0 Å². The van der Waals surface area contributed by atoms with Crippen LogP contribution in [0.2, 0.25) is 0 Å². The van der Waals surface area contributed by atoms with Crippen LogP contribution in [0.25, 0.3) is 0 Å². The SMILES string of the molecule is COCCCNC(=O)c1sc(NS(C)(=O)=O)nc1C. The summed E-state index contributed by atoms with van der Waals surface area (Å²) in [6.07, 6.45) is 1.75. The molecule has 1 amide bonds. The quantitative estimate of drug-likeness (QED) is 0.719. The Bertz CT molecular complexity index is 539. The number of carbonyl (C=O) groups is 1. The van der Waals surface area contributed by atoms with Crippen LogP contribution >= 0.6 is 11.3 Å². The number of sulfonamides is 1. The maximum Gasteiger partial charge on any atom is 0.263 e. The predicted molar refractivity (Wildman–Crippen MR) is 74.1 cm³/mol. The number of hydrogen-bond donors (Lipinski definition) is 2. The number of nitrogens with zero attached hydrogens (tertiary/aromatic N) is 1. The van der Waals surface area contributed by atoms with Crippen LogP contribution in [0, 0.1) is 6.92 Å². The van der Waals surface area contributed by atoms with E-state index >= 15 is 0 Å². The van der Waals surface area contributed by atoms with Crippen LogP contribution in [-0.4, -0.2) is 45.8 Å². The fourth-order valence-electron chi connectivity index (χ4n) is 1.31. The van der Waals surface area contributed by atoms with E-state index in [0.717, 1.165) is 17.6 Å². The van der Waals surface area contributed by atoms with Crippen molar-refractivity contribution in [2.45, 2.75) is 13.3 Å². The number of hydrogen-bond acceptors (Lipinski definition) is 6. The van der Waals surface area contributed by atoms with E-state index in [1.807, 2.05) is 0 Å². The molecule has 0 aromatic carbocycles. The van der Waals surface area contributed by atoms with E-state index in [1.54, 1.807) is 14.0 Å². The Morgan fingerprint density at radius 2 is 2.16 bits per heavy atom. The van der Waals surface area contributed by atoms with Gasteiger partial charge in [-0.25, -0.2) is 13.4 Å². The highest BCUT2D eigenvalue weighted by atomic mass is 32.2. The van der Waals surface area contributed by atoms with E-state index in [9.17, 15) is 13.2 Å². The van der Waals surface area contributed by atoms with Crippen molar-refractivity contribution in [2.24, 2.45) is 0 Å². The number of nitrogens with one attached hydrogen (secondary N) is 2. The first kappa shape index (κ1) is 15.9. The van der Waals surface area contributed by atoms with Crippen molar-refractivity contribution in [3.63, 3.8) is 0 Å². The molecule has 0 fully saturated rings. The van der Waals surface area contributed by atoms with Crippen LogP contribution in [0.5, 0.6) is 0 Å². The summed E-state index contributed by atoms with van der Waals surface area (Å²) in [5.74, 6) is -0.257. The maximum atomic E-state index is 11.8. The van der Waals surface area contributed by atoms with Gasteiger partial charge in [0.05, 0.1) is 11.9 Å². The fourth-order valence-corrected chi connectivity index (χ4v) is 3.03. The molecule has 0 aliphatic rings. The number of aromatic nitrogens is 1. The van der Waals surface area contributed by atoms with Gasteiger partial charge < -0.3 is 10.1 Å². The summed E-state index contributed by atoms with van der Waals surface area (Å²) in [6.45, 7) is 2.73. The smallest absolute Gasteiger partial charge is 0.263 e. The van der Waals surface area contributed by atoms with E-state index < -0.39 is 10.0 Å². The third kappa shape index (κ3) is 5.53. The summed E-state index contributed by atoms with van der Waals surface area (Å²) < 4.78 is 29.3. The second kappa shape index (κ2) is 6.83. The first-order chi connectivity index (χ1) is 8.83. The monoisotopic (exact) mass is 307 g/mol. The zero-order valence-corrected chi connectivity index (χ0v) is 12.7. The molecule has 0 aliphatic heterocycles. The Labute approximate surface area is 116 Å². The van der Waals surface area contributed by atoms with Crippen molar-refractivity contribution in [1.29, 1.82) is 0 Å². The predicted octanol–water partition coefficient (Wildman–Crippen LogP) is 0.589. The minimum atomic E-state index is -3.38. The van der Waals surface area contributed by atoms with Gasteiger partial charge in [0, 0.05) is 20.3 Å². The Hall–Kier alpha value is -1.19. The highest BCUT2D eigenvalue weighted by molar-refractivity contribution is 7.92.